The van der Waals surface area contributed by atoms with Gasteiger partial charge in [-0.2, -0.15) is 0 Å². The van der Waals surface area contributed by atoms with Gasteiger partial charge in [0.1, 0.15) is 35.7 Å². The predicted molar refractivity (Wildman–Crippen MR) is 98.5 cm³/mol. The number of fused-ring (bicyclic) bond motifs is 1. The van der Waals surface area contributed by atoms with Crippen LogP contribution in [0.1, 0.15) is 11.5 Å². The van der Waals surface area contributed by atoms with Crippen LogP contribution in [0.5, 0.6) is 0 Å². The standard InChI is InChI=1S/C20H17N3O3/c1-13-3-8-19(25-13)23(2)20-16-11-14(4-6-17(16)21-12-22-20)18-7-5-15(26-18)9-10-24/h3-8,10-12H,9H2,1-2H3. The van der Waals surface area contributed by atoms with Crippen LogP contribution in [-0.4, -0.2) is 23.3 Å². The van der Waals surface area contributed by atoms with Crippen molar-refractivity contribution in [2.24, 2.45) is 0 Å². The minimum atomic E-state index is 0.266. The summed E-state index contributed by atoms with van der Waals surface area (Å²) in [6.45, 7) is 1.90. The van der Waals surface area contributed by atoms with Gasteiger partial charge in [0.25, 0.3) is 0 Å². The number of anilines is 2. The molecule has 3 aromatic heterocycles. The Morgan fingerprint density at radius 1 is 1.08 bits per heavy atom. The van der Waals surface area contributed by atoms with Gasteiger partial charge in [-0.1, -0.05) is 0 Å². The summed E-state index contributed by atoms with van der Waals surface area (Å²) in [5.41, 5.74) is 1.73. The molecule has 0 spiro atoms. The predicted octanol–water partition coefficient (Wildman–Crippen LogP) is 4.30. The van der Waals surface area contributed by atoms with Crippen molar-refractivity contribution in [1.82, 2.24) is 9.97 Å². The summed E-state index contributed by atoms with van der Waals surface area (Å²) in [5, 5.41) is 0.884. The summed E-state index contributed by atoms with van der Waals surface area (Å²) in [6, 6.07) is 13.4. The Morgan fingerprint density at radius 3 is 2.73 bits per heavy atom. The molecule has 6 nitrogen and oxygen atoms in total. The molecule has 4 aromatic rings. The first-order valence-electron chi connectivity index (χ1n) is 8.23. The number of aldehydes is 1. The van der Waals surface area contributed by atoms with Crippen molar-refractivity contribution in [1.29, 1.82) is 0 Å². The van der Waals surface area contributed by atoms with E-state index in [1.54, 1.807) is 6.33 Å². The van der Waals surface area contributed by atoms with Crippen molar-refractivity contribution >= 4 is 28.9 Å². The zero-order valence-electron chi connectivity index (χ0n) is 14.5. The summed E-state index contributed by atoms with van der Waals surface area (Å²) >= 11 is 0. The van der Waals surface area contributed by atoms with Gasteiger partial charge in [0.2, 0.25) is 5.88 Å². The third-order valence-electron chi connectivity index (χ3n) is 4.22. The first-order chi connectivity index (χ1) is 12.7. The molecule has 0 unspecified atom stereocenters. The third-order valence-corrected chi connectivity index (χ3v) is 4.22. The zero-order valence-corrected chi connectivity index (χ0v) is 14.5. The molecule has 4 rings (SSSR count). The van der Waals surface area contributed by atoms with E-state index in [-0.39, 0.29) is 6.42 Å². The molecule has 1 aromatic carbocycles. The van der Waals surface area contributed by atoms with Gasteiger partial charge in [0, 0.05) is 24.1 Å². The molecule has 0 amide bonds. The molecule has 0 N–H and O–H groups in total. The lowest BCUT2D eigenvalue weighted by molar-refractivity contribution is -0.107. The highest BCUT2D eigenvalue weighted by atomic mass is 16.4. The number of carbonyl (C=O) groups excluding carboxylic acids is 1. The van der Waals surface area contributed by atoms with Crippen LogP contribution in [0.4, 0.5) is 11.7 Å². The molecule has 0 aliphatic heterocycles. The van der Waals surface area contributed by atoms with Crippen LogP contribution in [0.3, 0.4) is 0 Å². The number of nitrogens with zero attached hydrogens (tertiary/aromatic N) is 3. The number of aromatic nitrogens is 2. The van der Waals surface area contributed by atoms with Crippen LogP contribution < -0.4 is 4.90 Å². The maximum Gasteiger partial charge on any atom is 0.200 e. The molecule has 3 heterocycles. The molecule has 26 heavy (non-hydrogen) atoms. The fraction of sp³-hybridized carbons (Fsp3) is 0.150. The number of hydrogen-bond acceptors (Lipinski definition) is 6. The fourth-order valence-corrected chi connectivity index (χ4v) is 2.89. The van der Waals surface area contributed by atoms with Crippen molar-refractivity contribution < 1.29 is 13.6 Å². The van der Waals surface area contributed by atoms with Crippen molar-refractivity contribution in [3.63, 3.8) is 0 Å². The van der Waals surface area contributed by atoms with Gasteiger partial charge in [-0.15, -0.1) is 0 Å². The molecule has 0 fully saturated rings. The van der Waals surface area contributed by atoms with Crippen molar-refractivity contribution in [3.05, 3.63) is 60.3 Å². The van der Waals surface area contributed by atoms with Gasteiger partial charge in [-0.3, -0.25) is 4.90 Å². The highest BCUT2D eigenvalue weighted by molar-refractivity contribution is 5.93. The Labute approximate surface area is 150 Å². The first kappa shape index (κ1) is 16.1. The Bertz CT molecular complexity index is 1080. The molecule has 0 saturated carbocycles. The molecule has 130 valence electrons. The average Bonchev–Trinajstić information content (AvgIpc) is 3.30. The first-order valence-corrected chi connectivity index (χ1v) is 8.23. The van der Waals surface area contributed by atoms with E-state index in [0.717, 1.165) is 34.3 Å². The second-order valence-corrected chi connectivity index (χ2v) is 6.01. The lowest BCUT2D eigenvalue weighted by Crippen LogP contribution is -2.11. The molecule has 0 aliphatic rings. The molecule has 6 heteroatoms. The van der Waals surface area contributed by atoms with E-state index in [4.69, 9.17) is 8.83 Å². The quantitative estimate of drug-likeness (QED) is 0.501. The minimum absolute atomic E-state index is 0.266. The Morgan fingerprint density at radius 2 is 1.96 bits per heavy atom. The van der Waals surface area contributed by atoms with Gasteiger partial charge in [-0.25, -0.2) is 9.97 Å². The van der Waals surface area contributed by atoms with Crippen LogP contribution in [-0.2, 0) is 11.2 Å². The monoisotopic (exact) mass is 347 g/mol. The number of carbonyl (C=O) groups is 1. The van der Waals surface area contributed by atoms with Gasteiger partial charge < -0.3 is 13.6 Å². The Kier molecular flexibility index (Phi) is 4.01. The summed E-state index contributed by atoms with van der Waals surface area (Å²) in [5.74, 6) is 3.63. The van der Waals surface area contributed by atoms with Crippen molar-refractivity contribution in [2.45, 2.75) is 13.3 Å². The van der Waals surface area contributed by atoms with E-state index < -0.39 is 0 Å². The number of furan rings is 2. The van der Waals surface area contributed by atoms with Crippen LogP contribution in [0.2, 0.25) is 0 Å². The van der Waals surface area contributed by atoms with Gasteiger partial charge in [-0.05, 0) is 43.3 Å². The third kappa shape index (κ3) is 2.86. The Balaban J connectivity index is 1.80. The minimum Gasteiger partial charge on any atom is -0.461 e. The molecule has 0 aliphatic carbocycles. The lowest BCUT2D eigenvalue weighted by atomic mass is 10.1. The number of rotatable bonds is 5. The molecule has 0 saturated heterocycles. The van der Waals surface area contributed by atoms with Gasteiger partial charge in [0.05, 0.1) is 11.9 Å². The summed E-state index contributed by atoms with van der Waals surface area (Å²) in [6.07, 6.45) is 2.64. The summed E-state index contributed by atoms with van der Waals surface area (Å²) < 4.78 is 11.5. The van der Waals surface area contributed by atoms with E-state index in [1.165, 1.54) is 0 Å². The van der Waals surface area contributed by atoms with E-state index in [1.807, 2.05) is 61.3 Å². The summed E-state index contributed by atoms with van der Waals surface area (Å²) in [4.78, 5) is 21.3. The molecule has 0 bridgehead atoms. The van der Waals surface area contributed by atoms with Crippen LogP contribution in [0.25, 0.3) is 22.2 Å². The van der Waals surface area contributed by atoms with Crippen LogP contribution >= 0.6 is 0 Å². The topological polar surface area (TPSA) is 72.4 Å². The largest absolute Gasteiger partial charge is 0.461 e. The number of aryl methyl sites for hydroxylation is 1. The van der Waals surface area contributed by atoms with Gasteiger partial charge in [0.15, 0.2) is 0 Å². The zero-order chi connectivity index (χ0) is 18.1. The van der Waals surface area contributed by atoms with Crippen molar-refractivity contribution in [2.75, 3.05) is 11.9 Å². The van der Waals surface area contributed by atoms with E-state index >= 15 is 0 Å². The fourth-order valence-electron chi connectivity index (χ4n) is 2.89. The maximum absolute atomic E-state index is 10.7. The molecule has 0 radical (unpaired) electrons. The van der Waals surface area contributed by atoms with Crippen LogP contribution in [0.15, 0.2) is 57.6 Å². The molecule has 0 atom stereocenters. The van der Waals surface area contributed by atoms with E-state index in [9.17, 15) is 4.79 Å². The normalized spacial score (nSPS) is 11.0. The van der Waals surface area contributed by atoms with Gasteiger partial charge >= 0.3 is 0 Å². The average molecular weight is 347 g/mol. The molecular weight excluding hydrogens is 330 g/mol. The highest BCUT2D eigenvalue weighted by Crippen LogP contribution is 2.32. The lowest BCUT2D eigenvalue weighted by Gasteiger charge is -2.17. The SMILES string of the molecule is Cc1ccc(N(C)c2ncnc3ccc(-c4ccc(CC=O)o4)cc23)o1. The van der Waals surface area contributed by atoms with E-state index in [2.05, 4.69) is 9.97 Å². The number of benzene rings is 1. The molecular formula is C20H17N3O3. The second kappa shape index (κ2) is 6.48. The number of hydrogen-bond donors (Lipinski definition) is 0. The van der Waals surface area contributed by atoms with Crippen molar-refractivity contribution in [3.8, 4) is 11.3 Å². The van der Waals surface area contributed by atoms with E-state index in [0.29, 0.717) is 17.4 Å². The maximum atomic E-state index is 10.7. The Hall–Kier alpha value is -3.41. The smallest absolute Gasteiger partial charge is 0.200 e. The second-order valence-electron chi connectivity index (χ2n) is 6.01. The summed E-state index contributed by atoms with van der Waals surface area (Å²) in [7, 11) is 1.90. The van der Waals surface area contributed by atoms with Crippen LogP contribution in [0, 0.1) is 6.92 Å². The highest BCUT2D eigenvalue weighted by Gasteiger charge is 2.15.